The fourth-order valence-corrected chi connectivity index (χ4v) is 9.43. The van der Waals surface area contributed by atoms with Gasteiger partial charge in [0.15, 0.2) is 17.5 Å². The molecule has 0 fully saturated rings. The second-order valence-corrected chi connectivity index (χ2v) is 15.6. The van der Waals surface area contributed by atoms with Crippen molar-refractivity contribution < 1.29 is 8.83 Å². The molecule has 3 aromatic heterocycles. The van der Waals surface area contributed by atoms with Crippen molar-refractivity contribution in [3.63, 3.8) is 0 Å². The zero-order chi connectivity index (χ0) is 38.3. The monoisotopic (exact) mass is 748 g/mol. The molecule has 1 aliphatic heterocycles. The lowest BCUT2D eigenvalue weighted by atomic mass is 9.80. The first-order valence-corrected chi connectivity index (χ1v) is 20.0. The van der Waals surface area contributed by atoms with Gasteiger partial charge in [0.2, 0.25) is 0 Å². The first kappa shape index (κ1) is 32.9. The molecule has 0 amide bonds. The molecule has 58 heavy (non-hydrogen) atoms. The number of para-hydroxylation sites is 2. The van der Waals surface area contributed by atoms with Gasteiger partial charge in [-0.1, -0.05) is 128 Å². The van der Waals surface area contributed by atoms with Gasteiger partial charge in [0, 0.05) is 67.6 Å². The third kappa shape index (κ3) is 5.15. The van der Waals surface area contributed by atoms with Crippen LogP contribution in [0.15, 0.2) is 179 Å². The Morgan fingerprint density at radius 3 is 1.88 bits per heavy atom. The Hall–Kier alpha value is -7.31. The topological polar surface area (TPSA) is 68.2 Å². The largest absolute Gasteiger partial charge is 0.456 e. The van der Waals surface area contributed by atoms with Crippen LogP contribution in [0.3, 0.4) is 0 Å². The van der Waals surface area contributed by atoms with Crippen LogP contribution in [0.2, 0.25) is 0 Å². The Bertz CT molecular complexity index is 3200. The highest BCUT2D eigenvalue weighted by Crippen LogP contribution is 2.53. The Kier molecular flexibility index (Phi) is 7.29. The average Bonchev–Trinajstić information content (AvgIpc) is 3.96. The Balaban J connectivity index is 1.06. The van der Waals surface area contributed by atoms with Gasteiger partial charge in [-0.05, 0) is 71.5 Å². The SMILES string of the molecule is CC1CC=CC2c3cc(-c4ccc5oc6ccccc6c5c4)ccc3N(c3cc(-c4nc(-c5ccccc5)nc(-c5ccccc5)n4)c4c(c3)oc3ccccc34)C12. The molecule has 12 rings (SSSR count). The molecule has 0 saturated carbocycles. The van der Waals surface area contributed by atoms with Gasteiger partial charge >= 0.3 is 0 Å². The summed E-state index contributed by atoms with van der Waals surface area (Å²) < 4.78 is 12.9. The van der Waals surface area contributed by atoms with Gasteiger partial charge in [-0.25, -0.2) is 15.0 Å². The van der Waals surface area contributed by atoms with Crippen LogP contribution < -0.4 is 4.90 Å². The lowest BCUT2D eigenvalue weighted by Crippen LogP contribution is -2.37. The summed E-state index contributed by atoms with van der Waals surface area (Å²) in [4.78, 5) is 18.0. The third-order valence-corrected chi connectivity index (χ3v) is 12.1. The number of aromatic nitrogens is 3. The highest BCUT2D eigenvalue weighted by Gasteiger charge is 2.43. The maximum Gasteiger partial charge on any atom is 0.164 e. The first-order chi connectivity index (χ1) is 28.6. The lowest BCUT2D eigenvalue weighted by molar-refractivity contribution is 0.424. The van der Waals surface area contributed by atoms with Gasteiger partial charge in [0.1, 0.15) is 22.3 Å². The predicted molar refractivity (Wildman–Crippen MR) is 234 cm³/mol. The van der Waals surface area contributed by atoms with E-state index in [1.54, 1.807) is 0 Å². The number of allylic oxidation sites excluding steroid dienone is 1. The van der Waals surface area contributed by atoms with E-state index < -0.39 is 0 Å². The third-order valence-electron chi connectivity index (χ3n) is 12.1. The molecule has 0 radical (unpaired) electrons. The number of rotatable bonds is 5. The summed E-state index contributed by atoms with van der Waals surface area (Å²) in [5.41, 5.74) is 12.2. The number of fused-ring (bicyclic) bond motifs is 9. The van der Waals surface area contributed by atoms with Crippen molar-refractivity contribution >= 4 is 55.3 Å². The fourth-order valence-electron chi connectivity index (χ4n) is 9.43. The van der Waals surface area contributed by atoms with Crippen LogP contribution in [0.4, 0.5) is 11.4 Å². The molecule has 0 saturated heterocycles. The molecule has 4 heterocycles. The number of furan rings is 2. The van der Waals surface area contributed by atoms with Gasteiger partial charge in [-0.15, -0.1) is 0 Å². The van der Waals surface area contributed by atoms with E-state index in [1.165, 1.54) is 22.4 Å². The minimum Gasteiger partial charge on any atom is -0.456 e. The summed E-state index contributed by atoms with van der Waals surface area (Å²) in [6.45, 7) is 2.38. The van der Waals surface area contributed by atoms with Gasteiger partial charge in [-0.2, -0.15) is 0 Å². The standard InChI is InChI=1S/C52H36N4O2/c1-31-13-12-20-38-40-27-34(35-24-26-46-41(28-35)37-18-8-10-21-44(37)57-46)23-25-43(40)56(49(31)38)36-29-42(48-39-19-9-11-22-45(39)58-47(48)30-36)52-54-50(32-14-4-2-5-15-32)53-51(55-52)33-16-6-3-7-17-33/h2-12,14-31,38,49H,13H2,1H3. The highest BCUT2D eigenvalue weighted by molar-refractivity contribution is 6.13. The minimum atomic E-state index is 0.211. The van der Waals surface area contributed by atoms with Crippen LogP contribution in [-0.2, 0) is 0 Å². The van der Waals surface area contributed by atoms with Crippen molar-refractivity contribution in [3.05, 3.63) is 175 Å². The Morgan fingerprint density at radius 2 is 1.12 bits per heavy atom. The van der Waals surface area contributed by atoms with Crippen molar-refractivity contribution in [1.29, 1.82) is 0 Å². The molecule has 3 unspecified atom stereocenters. The van der Waals surface area contributed by atoms with E-state index in [2.05, 4.69) is 121 Å². The van der Waals surface area contributed by atoms with E-state index in [4.69, 9.17) is 23.8 Å². The van der Waals surface area contributed by atoms with Gasteiger partial charge in [0.05, 0.1) is 0 Å². The number of anilines is 2. The molecule has 10 aromatic rings. The molecule has 6 nitrogen and oxygen atoms in total. The lowest BCUT2D eigenvalue weighted by Gasteiger charge is -2.36. The second-order valence-electron chi connectivity index (χ2n) is 15.6. The van der Waals surface area contributed by atoms with Crippen molar-refractivity contribution in [2.45, 2.75) is 25.3 Å². The van der Waals surface area contributed by atoms with Crippen LogP contribution in [0.5, 0.6) is 0 Å². The van der Waals surface area contributed by atoms with Crippen LogP contribution in [0.1, 0.15) is 24.8 Å². The van der Waals surface area contributed by atoms with Crippen molar-refractivity contribution in [3.8, 4) is 45.3 Å². The molecule has 276 valence electrons. The van der Waals surface area contributed by atoms with Crippen LogP contribution in [0.25, 0.3) is 89.2 Å². The number of hydrogen-bond acceptors (Lipinski definition) is 6. The van der Waals surface area contributed by atoms with E-state index in [9.17, 15) is 0 Å². The number of hydrogen-bond donors (Lipinski definition) is 0. The Morgan fingerprint density at radius 1 is 0.517 bits per heavy atom. The smallest absolute Gasteiger partial charge is 0.164 e. The first-order valence-electron chi connectivity index (χ1n) is 20.0. The summed E-state index contributed by atoms with van der Waals surface area (Å²) in [7, 11) is 0. The summed E-state index contributed by atoms with van der Waals surface area (Å²) in [5.74, 6) is 2.49. The van der Waals surface area contributed by atoms with Crippen molar-refractivity contribution in [2.24, 2.45) is 5.92 Å². The molecule has 3 atom stereocenters. The molecule has 0 N–H and O–H groups in total. The molecule has 1 aliphatic carbocycles. The van der Waals surface area contributed by atoms with Crippen LogP contribution in [0, 0.1) is 5.92 Å². The molecule has 7 aromatic carbocycles. The maximum absolute atomic E-state index is 6.71. The van der Waals surface area contributed by atoms with E-state index in [-0.39, 0.29) is 12.0 Å². The summed E-state index contributed by atoms with van der Waals surface area (Å²) in [6.07, 6.45) is 5.80. The summed E-state index contributed by atoms with van der Waals surface area (Å²) >= 11 is 0. The van der Waals surface area contributed by atoms with Crippen LogP contribution >= 0.6 is 0 Å². The predicted octanol–water partition coefficient (Wildman–Crippen LogP) is 13.5. The zero-order valence-corrected chi connectivity index (χ0v) is 31.7. The normalized spacial score (nSPS) is 17.4. The van der Waals surface area contributed by atoms with Crippen molar-refractivity contribution in [2.75, 3.05) is 4.90 Å². The molecule has 0 bridgehead atoms. The van der Waals surface area contributed by atoms with E-state index in [0.29, 0.717) is 23.4 Å². The van der Waals surface area contributed by atoms with Gasteiger partial charge in [-0.3, -0.25) is 0 Å². The summed E-state index contributed by atoms with van der Waals surface area (Å²) in [5, 5.41) is 4.30. The number of nitrogens with zero attached hydrogens (tertiary/aromatic N) is 4. The molecule has 0 spiro atoms. The van der Waals surface area contributed by atoms with Crippen LogP contribution in [-0.4, -0.2) is 21.0 Å². The average molecular weight is 749 g/mol. The van der Waals surface area contributed by atoms with Crippen molar-refractivity contribution in [1.82, 2.24) is 15.0 Å². The quantitative estimate of drug-likeness (QED) is 0.163. The molecular weight excluding hydrogens is 713 g/mol. The highest BCUT2D eigenvalue weighted by atomic mass is 16.3. The molecule has 6 heteroatoms. The Labute approximate surface area is 334 Å². The minimum absolute atomic E-state index is 0.211. The molecule has 2 aliphatic rings. The molecular formula is C52H36N4O2. The number of benzene rings is 7. The second kappa shape index (κ2) is 12.9. The van der Waals surface area contributed by atoms with Gasteiger partial charge in [0.25, 0.3) is 0 Å². The van der Waals surface area contributed by atoms with E-state index in [0.717, 1.165) is 72.7 Å². The maximum atomic E-state index is 6.71. The van der Waals surface area contributed by atoms with Gasteiger partial charge < -0.3 is 13.7 Å². The van der Waals surface area contributed by atoms with E-state index >= 15 is 0 Å². The fraction of sp³-hybridized carbons (Fsp3) is 0.0962. The zero-order valence-electron chi connectivity index (χ0n) is 31.7. The summed E-state index contributed by atoms with van der Waals surface area (Å²) in [6, 6.07) is 55.1. The van der Waals surface area contributed by atoms with E-state index in [1.807, 2.05) is 60.7 Å².